The number of rotatable bonds is 5. The van der Waals surface area contributed by atoms with Gasteiger partial charge in [0.2, 0.25) is 11.9 Å². The van der Waals surface area contributed by atoms with Gasteiger partial charge in [-0.2, -0.15) is 15.0 Å². The van der Waals surface area contributed by atoms with E-state index in [9.17, 15) is 9.18 Å². The molecule has 0 aliphatic heterocycles. The van der Waals surface area contributed by atoms with E-state index in [1.165, 1.54) is 18.2 Å². The van der Waals surface area contributed by atoms with Crippen LogP contribution in [0.5, 0.6) is 0 Å². The van der Waals surface area contributed by atoms with Gasteiger partial charge in [0.25, 0.3) is 0 Å². The molecule has 0 bridgehead atoms. The summed E-state index contributed by atoms with van der Waals surface area (Å²) < 4.78 is 18.3. The van der Waals surface area contributed by atoms with E-state index in [1.807, 2.05) is 31.2 Å². The van der Waals surface area contributed by atoms with E-state index in [4.69, 9.17) is 10.5 Å². The first-order valence-corrected chi connectivity index (χ1v) is 7.76. The first kappa shape index (κ1) is 17.3. The molecule has 1 heterocycles. The molecule has 3 rings (SSSR count). The maximum Gasteiger partial charge on any atom is 0.338 e. The third-order valence-electron chi connectivity index (χ3n) is 3.40. The number of aryl methyl sites for hydroxylation is 1. The summed E-state index contributed by atoms with van der Waals surface area (Å²) in [7, 11) is 0. The van der Waals surface area contributed by atoms with E-state index in [-0.39, 0.29) is 29.9 Å². The van der Waals surface area contributed by atoms with Crippen molar-refractivity contribution in [1.29, 1.82) is 0 Å². The molecule has 7 nitrogen and oxygen atoms in total. The van der Waals surface area contributed by atoms with Gasteiger partial charge in [0.15, 0.2) is 12.4 Å². The summed E-state index contributed by atoms with van der Waals surface area (Å²) in [6.07, 6.45) is 0. The number of aromatic nitrogens is 3. The number of carbonyl (C=O) groups excluding carboxylic acids is 1. The Balaban J connectivity index is 1.69. The molecule has 2 aromatic carbocycles. The number of halogens is 1. The van der Waals surface area contributed by atoms with Crippen LogP contribution in [0.2, 0.25) is 0 Å². The van der Waals surface area contributed by atoms with Gasteiger partial charge < -0.3 is 15.8 Å². The number of nitrogen functional groups attached to an aromatic ring is 1. The van der Waals surface area contributed by atoms with Gasteiger partial charge in [-0.15, -0.1) is 0 Å². The summed E-state index contributed by atoms with van der Waals surface area (Å²) >= 11 is 0. The van der Waals surface area contributed by atoms with Crippen LogP contribution >= 0.6 is 0 Å². The number of anilines is 3. The topological polar surface area (TPSA) is 103 Å². The molecule has 1 aromatic heterocycles. The summed E-state index contributed by atoms with van der Waals surface area (Å²) in [6.45, 7) is 1.76. The van der Waals surface area contributed by atoms with E-state index in [1.54, 1.807) is 0 Å². The average molecular weight is 353 g/mol. The normalized spacial score (nSPS) is 10.4. The van der Waals surface area contributed by atoms with E-state index in [0.717, 1.165) is 17.3 Å². The van der Waals surface area contributed by atoms with Crippen molar-refractivity contribution in [2.45, 2.75) is 13.5 Å². The molecule has 0 unspecified atom stereocenters. The van der Waals surface area contributed by atoms with Crippen molar-refractivity contribution in [2.24, 2.45) is 0 Å². The minimum absolute atomic E-state index is 0.00795. The van der Waals surface area contributed by atoms with Crippen molar-refractivity contribution < 1.29 is 13.9 Å². The van der Waals surface area contributed by atoms with Crippen molar-refractivity contribution in [3.8, 4) is 0 Å². The molecule has 0 saturated carbocycles. The largest absolute Gasteiger partial charge is 0.454 e. The molecular formula is C18H16FN5O2. The van der Waals surface area contributed by atoms with Crippen LogP contribution in [0.3, 0.4) is 0 Å². The lowest BCUT2D eigenvalue weighted by Crippen LogP contribution is -2.11. The fourth-order valence-electron chi connectivity index (χ4n) is 2.15. The number of nitrogens with zero attached hydrogens (tertiary/aromatic N) is 3. The molecule has 26 heavy (non-hydrogen) atoms. The first-order valence-electron chi connectivity index (χ1n) is 7.76. The Bertz CT molecular complexity index is 931. The second kappa shape index (κ2) is 7.56. The lowest BCUT2D eigenvalue weighted by molar-refractivity contribution is 0.0461. The van der Waals surface area contributed by atoms with Crippen molar-refractivity contribution in [2.75, 3.05) is 11.1 Å². The van der Waals surface area contributed by atoms with Crippen LogP contribution in [0.4, 0.5) is 22.0 Å². The predicted octanol–water partition coefficient (Wildman–Crippen LogP) is 3.00. The van der Waals surface area contributed by atoms with Crippen LogP contribution in [-0.2, 0) is 11.3 Å². The molecule has 0 aliphatic rings. The number of hydrogen-bond donors (Lipinski definition) is 2. The van der Waals surface area contributed by atoms with E-state index < -0.39 is 11.8 Å². The van der Waals surface area contributed by atoms with E-state index >= 15 is 0 Å². The molecule has 0 fully saturated rings. The van der Waals surface area contributed by atoms with Gasteiger partial charge in [0.1, 0.15) is 5.82 Å². The number of nitrogens with one attached hydrogen (secondary N) is 1. The number of esters is 1. The molecule has 3 N–H and O–H groups in total. The molecule has 132 valence electrons. The third-order valence-corrected chi connectivity index (χ3v) is 3.40. The second-order valence-electron chi connectivity index (χ2n) is 5.51. The van der Waals surface area contributed by atoms with Crippen LogP contribution in [0.1, 0.15) is 21.7 Å². The van der Waals surface area contributed by atoms with Crippen LogP contribution in [0.15, 0.2) is 48.5 Å². The smallest absolute Gasteiger partial charge is 0.338 e. The SMILES string of the molecule is Cc1ccc(Nc2nc(N)nc(COC(=O)c3cccc(F)c3)n2)cc1. The lowest BCUT2D eigenvalue weighted by atomic mass is 10.2. The Hall–Kier alpha value is -3.55. The van der Waals surface area contributed by atoms with Crippen molar-refractivity contribution >= 4 is 23.6 Å². The number of nitrogens with two attached hydrogens (primary N) is 1. The Morgan fingerprint density at radius 2 is 1.92 bits per heavy atom. The molecule has 0 atom stereocenters. The number of ether oxygens (including phenoxy) is 1. The van der Waals surface area contributed by atoms with Crippen LogP contribution in [-0.4, -0.2) is 20.9 Å². The van der Waals surface area contributed by atoms with Crippen molar-refractivity contribution in [1.82, 2.24) is 15.0 Å². The van der Waals surface area contributed by atoms with E-state index in [0.29, 0.717) is 0 Å². The Morgan fingerprint density at radius 1 is 1.15 bits per heavy atom. The molecule has 0 radical (unpaired) electrons. The molecule has 0 amide bonds. The maximum absolute atomic E-state index is 13.2. The van der Waals surface area contributed by atoms with Crippen molar-refractivity contribution in [3.05, 3.63) is 71.3 Å². The van der Waals surface area contributed by atoms with Crippen LogP contribution < -0.4 is 11.1 Å². The maximum atomic E-state index is 13.2. The predicted molar refractivity (Wildman–Crippen MR) is 94.2 cm³/mol. The highest BCUT2D eigenvalue weighted by Gasteiger charge is 2.11. The van der Waals surface area contributed by atoms with Crippen molar-refractivity contribution in [3.63, 3.8) is 0 Å². The second-order valence-corrected chi connectivity index (χ2v) is 5.51. The minimum atomic E-state index is -0.684. The molecule has 0 aliphatic carbocycles. The van der Waals surface area contributed by atoms with E-state index in [2.05, 4.69) is 20.3 Å². The molecule has 0 saturated heterocycles. The summed E-state index contributed by atoms with van der Waals surface area (Å²) in [5.74, 6) is -0.800. The zero-order valence-corrected chi connectivity index (χ0v) is 13.9. The molecule has 3 aromatic rings. The Labute approximate surface area is 149 Å². The summed E-state index contributed by atoms with van der Waals surface area (Å²) in [5.41, 5.74) is 7.69. The third kappa shape index (κ3) is 4.50. The quantitative estimate of drug-likeness (QED) is 0.680. The van der Waals surface area contributed by atoms with Gasteiger partial charge in [-0.05, 0) is 37.3 Å². The van der Waals surface area contributed by atoms with Gasteiger partial charge in [-0.1, -0.05) is 23.8 Å². The summed E-state index contributed by atoms with van der Waals surface area (Å²) in [4.78, 5) is 24.1. The fraction of sp³-hybridized carbons (Fsp3) is 0.111. The molecule has 0 spiro atoms. The standard InChI is InChI=1S/C18H16FN5O2/c1-11-5-7-14(8-6-11)21-18-23-15(22-17(20)24-18)10-26-16(25)12-3-2-4-13(19)9-12/h2-9H,10H2,1H3,(H3,20,21,22,23,24). The average Bonchev–Trinajstić information content (AvgIpc) is 2.61. The highest BCUT2D eigenvalue weighted by Crippen LogP contribution is 2.15. The Morgan fingerprint density at radius 3 is 2.65 bits per heavy atom. The van der Waals surface area contributed by atoms with Gasteiger partial charge in [-0.25, -0.2) is 9.18 Å². The van der Waals surface area contributed by atoms with Gasteiger partial charge in [0, 0.05) is 5.69 Å². The van der Waals surface area contributed by atoms with Crippen LogP contribution in [0.25, 0.3) is 0 Å². The zero-order chi connectivity index (χ0) is 18.5. The monoisotopic (exact) mass is 353 g/mol. The number of benzene rings is 2. The zero-order valence-electron chi connectivity index (χ0n) is 13.9. The highest BCUT2D eigenvalue weighted by molar-refractivity contribution is 5.89. The van der Waals surface area contributed by atoms with Crippen LogP contribution in [0, 0.1) is 12.7 Å². The molecule has 8 heteroatoms. The van der Waals surface area contributed by atoms with Gasteiger partial charge in [-0.3, -0.25) is 0 Å². The lowest BCUT2D eigenvalue weighted by Gasteiger charge is -2.08. The van der Waals surface area contributed by atoms with Gasteiger partial charge in [0.05, 0.1) is 5.56 Å². The fourth-order valence-corrected chi connectivity index (χ4v) is 2.15. The highest BCUT2D eigenvalue weighted by atomic mass is 19.1. The number of carbonyl (C=O) groups is 1. The van der Waals surface area contributed by atoms with Gasteiger partial charge >= 0.3 is 5.97 Å². The Kier molecular flexibility index (Phi) is 5.02. The minimum Gasteiger partial charge on any atom is -0.454 e. The number of hydrogen-bond acceptors (Lipinski definition) is 7. The first-order chi connectivity index (χ1) is 12.5. The summed E-state index contributed by atoms with van der Waals surface area (Å²) in [5, 5.41) is 3.01. The summed E-state index contributed by atoms with van der Waals surface area (Å²) in [6, 6.07) is 12.8. The molecular weight excluding hydrogens is 337 g/mol.